The zero-order valence-electron chi connectivity index (χ0n) is 17.2. The molecular formula is C20H35IN4O2. The molecule has 2 rings (SSSR count). The molecule has 1 aliphatic rings. The van der Waals surface area contributed by atoms with Crippen molar-refractivity contribution in [3.63, 3.8) is 0 Å². The highest BCUT2D eigenvalue weighted by Crippen LogP contribution is 2.26. The first-order valence-corrected chi connectivity index (χ1v) is 9.54. The lowest BCUT2D eigenvalue weighted by Gasteiger charge is -2.35. The summed E-state index contributed by atoms with van der Waals surface area (Å²) in [5, 5.41) is 6.91. The van der Waals surface area contributed by atoms with Crippen LogP contribution in [-0.4, -0.2) is 62.8 Å². The van der Waals surface area contributed by atoms with E-state index < -0.39 is 0 Å². The minimum Gasteiger partial charge on any atom is -0.493 e. The van der Waals surface area contributed by atoms with E-state index in [1.54, 1.807) is 7.11 Å². The van der Waals surface area contributed by atoms with E-state index in [1.165, 1.54) is 0 Å². The number of methoxy groups -OCH3 is 1. The Morgan fingerprint density at radius 3 is 2.37 bits per heavy atom. The number of benzene rings is 1. The van der Waals surface area contributed by atoms with Crippen LogP contribution in [0.25, 0.3) is 0 Å². The molecule has 154 valence electrons. The van der Waals surface area contributed by atoms with Gasteiger partial charge in [-0.25, -0.2) is 0 Å². The van der Waals surface area contributed by atoms with Crippen LogP contribution in [0, 0.1) is 0 Å². The highest BCUT2D eigenvalue weighted by Gasteiger charge is 2.21. The molecule has 1 heterocycles. The first kappa shape index (κ1) is 23.8. The van der Waals surface area contributed by atoms with E-state index in [1.807, 2.05) is 38.2 Å². The van der Waals surface area contributed by atoms with Crippen molar-refractivity contribution in [2.75, 3.05) is 33.8 Å². The molecule has 0 saturated carbocycles. The molecule has 0 spiro atoms. The van der Waals surface area contributed by atoms with Gasteiger partial charge in [0, 0.05) is 32.2 Å². The number of ether oxygens (including phenoxy) is 2. The fraction of sp³-hybridized carbons (Fsp3) is 0.650. The molecule has 27 heavy (non-hydrogen) atoms. The topological polar surface area (TPSA) is 58.1 Å². The number of para-hydroxylation sites is 2. The van der Waals surface area contributed by atoms with Gasteiger partial charge in [0.1, 0.15) is 6.10 Å². The third-order valence-electron chi connectivity index (χ3n) is 4.78. The number of halogens is 1. The Hall–Kier alpha value is -1.22. The molecule has 0 radical (unpaired) electrons. The van der Waals surface area contributed by atoms with Gasteiger partial charge in [-0.2, -0.15) is 0 Å². The molecule has 0 bridgehead atoms. The molecule has 1 aromatic rings. The minimum atomic E-state index is -0.00682. The van der Waals surface area contributed by atoms with Crippen molar-refractivity contribution in [2.24, 2.45) is 4.99 Å². The molecule has 1 fully saturated rings. The average molecular weight is 490 g/mol. The number of piperidine rings is 1. The number of guanidine groups is 1. The zero-order chi connectivity index (χ0) is 18.9. The van der Waals surface area contributed by atoms with Gasteiger partial charge in [-0.3, -0.25) is 4.99 Å². The van der Waals surface area contributed by atoms with E-state index in [2.05, 4.69) is 34.4 Å². The van der Waals surface area contributed by atoms with Gasteiger partial charge in [0.25, 0.3) is 0 Å². The Kier molecular flexibility index (Phi) is 10.8. The molecule has 0 aromatic heterocycles. The van der Waals surface area contributed by atoms with Crippen LogP contribution in [-0.2, 0) is 0 Å². The van der Waals surface area contributed by atoms with Crippen molar-refractivity contribution < 1.29 is 9.47 Å². The van der Waals surface area contributed by atoms with Crippen LogP contribution in [0.2, 0.25) is 0 Å². The van der Waals surface area contributed by atoms with Crippen molar-refractivity contribution in [3.8, 4) is 11.5 Å². The summed E-state index contributed by atoms with van der Waals surface area (Å²) in [6.07, 6.45) is 2.28. The van der Waals surface area contributed by atoms with E-state index in [9.17, 15) is 0 Å². The van der Waals surface area contributed by atoms with E-state index in [-0.39, 0.29) is 30.1 Å². The minimum absolute atomic E-state index is 0. The number of aliphatic imine (C=N–C) groups is 1. The summed E-state index contributed by atoms with van der Waals surface area (Å²) < 4.78 is 11.3. The standard InChI is InChI=1S/C20H34N4O2.HI/c1-15(2)24-12-10-17(11-13-24)23-20(21-4)22-14-16(3)26-19-9-7-6-8-18(19)25-5;/h6-9,15-17H,10-14H2,1-5H3,(H2,21,22,23);1H. The van der Waals surface area contributed by atoms with Crippen molar-refractivity contribution >= 4 is 29.9 Å². The third kappa shape index (κ3) is 7.73. The molecule has 1 aromatic carbocycles. The number of rotatable bonds is 7. The van der Waals surface area contributed by atoms with E-state index in [0.29, 0.717) is 18.6 Å². The summed E-state index contributed by atoms with van der Waals surface area (Å²) in [5.74, 6) is 2.34. The smallest absolute Gasteiger partial charge is 0.191 e. The van der Waals surface area contributed by atoms with Crippen molar-refractivity contribution in [1.82, 2.24) is 15.5 Å². The predicted molar refractivity (Wildman–Crippen MR) is 123 cm³/mol. The monoisotopic (exact) mass is 490 g/mol. The van der Waals surface area contributed by atoms with Gasteiger partial charge in [-0.15, -0.1) is 24.0 Å². The number of hydrogen-bond donors (Lipinski definition) is 2. The Bertz CT molecular complexity index is 575. The Labute approximate surface area is 181 Å². The number of hydrogen-bond acceptors (Lipinski definition) is 4. The Morgan fingerprint density at radius 2 is 1.81 bits per heavy atom. The van der Waals surface area contributed by atoms with Crippen LogP contribution < -0.4 is 20.1 Å². The summed E-state index contributed by atoms with van der Waals surface area (Å²) in [6, 6.07) is 8.81. The average Bonchev–Trinajstić information content (AvgIpc) is 2.65. The van der Waals surface area contributed by atoms with E-state index in [0.717, 1.165) is 43.4 Å². The van der Waals surface area contributed by atoms with Gasteiger partial charge >= 0.3 is 0 Å². The Balaban J connectivity index is 0.00000364. The second-order valence-electron chi connectivity index (χ2n) is 7.08. The molecule has 2 N–H and O–H groups in total. The summed E-state index contributed by atoms with van der Waals surface area (Å²) in [7, 11) is 3.46. The van der Waals surface area contributed by atoms with Crippen LogP contribution in [0.15, 0.2) is 29.3 Å². The molecule has 0 amide bonds. The molecule has 1 aliphatic heterocycles. The molecule has 7 heteroatoms. The number of likely N-dealkylation sites (tertiary alicyclic amines) is 1. The molecule has 1 saturated heterocycles. The SMILES string of the molecule is CN=C(NCC(C)Oc1ccccc1OC)NC1CCN(C(C)C)CC1.I. The maximum absolute atomic E-state index is 5.98. The van der Waals surface area contributed by atoms with Crippen LogP contribution in [0.4, 0.5) is 0 Å². The zero-order valence-corrected chi connectivity index (χ0v) is 19.5. The molecule has 0 aliphatic carbocycles. The first-order valence-electron chi connectivity index (χ1n) is 9.54. The predicted octanol–water partition coefficient (Wildman–Crippen LogP) is 3.12. The lowest BCUT2D eigenvalue weighted by Crippen LogP contribution is -2.50. The van der Waals surface area contributed by atoms with Gasteiger partial charge in [0.2, 0.25) is 0 Å². The maximum Gasteiger partial charge on any atom is 0.191 e. The fourth-order valence-electron chi connectivity index (χ4n) is 3.16. The number of nitrogens with zero attached hydrogens (tertiary/aromatic N) is 2. The van der Waals surface area contributed by atoms with Gasteiger partial charge in [-0.05, 0) is 45.7 Å². The van der Waals surface area contributed by atoms with Crippen LogP contribution in [0.3, 0.4) is 0 Å². The fourth-order valence-corrected chi connectivity index (χ4v) is 3.16. The highest BCUT2D eigenvalue weighted by atomic mass is 127. The second-order valence-corrected chi connectivity index (χ2v) is 7.08. The van der Waals surface area contributed by atoms with Crippen LogP contribution >= 0.6 is 24.0 Å². The van der Waals surface area contributed by atoms with Crippen molar-refractivity contribution in [1.29, 1.82) is 0 Å². The quantitative estimate of drug-likeness (QED) is 0.350. The molecule has 1 unspecified atom stereocenters. The highest BCUT2D eigenvalue weighted by molar-refractivity contribution is 14.0. The first-order chi connectivity index (χ1) is 12.5. The third-order valence-corrected chi connectivity index (χ3v) is 4.78. The summed E-state index contributed by atoms with van der Waals surface area (Å²) in [5.41, 5.74) is 0. The maximum atomic E-state index is 5.98. The summed E-state index contributed by atoms with van der Waals surface area (Å²) >= 11 is 0. The lowest BCUT2D eigenvalue weighted by atomic mass is 10.0. The Morgan fingerprint density at radius 1 is 1.19 bits per heavy atom. The van der Waals surface area contributed by atoms with Crippen molar-refractivity contribution in [2.45, 2.75) is 51.8 Å². The number of nitrogens with one attached hydrogen (secondary N) is 2. The van der Waals surface area contributed by atoms with Crippen LogP contribution in [0.1, 0.15) is 33.6 Å². The van der Waals surface area contributed by atoms with E-state index >= 15 is 0 Å². The van der Waals surface area contributed by atoms with Gasteiger partial charge < -0.3 is 25.0 Å². The van der Waals surface area contributed by atoms with Gasteiger partial charge in [-0.1, -0.05) is 12.1 Å². The lowest BCUT2D eigenvalue weighted by molar-refractivity contribution is 0.167. The van der Waals surface area contributed by atoms with Crippen molar-refractivity contribution in [3.05, 3.63) is 24.3 Å². The molecule has 6 nitrogen and oxygen atoms in total. The second kappa shape index (κ2) is 12.3. The largest absolute Gasteiger partial charge is 0.493 e. The molecular weight excluding hydrogens is 455 g/mol. The van der Waals surface area contributed by atoms with Gasteiger partial charge in [0.15, 0.2) is 17.5 Å². The van der Waals surface area contributed by atoms with E-state index in [4.69, 9.17) is 9.47 Å². The van der Waals surface area contributed by atoms with Crippen LogP contribution in [0.5, 0.6) is 11.5 Å². The molecule has 1 atom stereocenters. The van der Waals surface area contributed by atoms with Gasteiger partial charge in [0.05, 0.1) is 13.7 Å². The summed E-state index contributed by atoms with van der Waals surface area (Å²) in [6.45, 7) is 9.50. The normalized spacial score (nSPS) is 17.2. The summed E-state index contributed by atoms with van der Waals surface area (Å²) in [4.78, 5) is 6.87.